The highest BCUT2D eigenvalue weighted by Crippen LogP contribution is 2.30. The molecule has 0 aliphatic heterocycles. The van der Waals surface area contributed by atoms with E-state index in [0.717, 1.165) is 18.4 Å². The van der Waals surface area contributed by atoms with Gasteiger partial charge in [0.25, 0.3) is 15.0 Å². The number of aryl methyl sites for hydroxylation is 1. The van der Waals surface area contributed by atoms with Crippen molar-refractivity contribution in [3.05, 3.63) is 28.8 Å². The summed E-state index contributed by atoms with van der Waals surface area (Å²) >= 11 is 0. The highest BCUT2D eigenvalue weighted by atomic mass is 35.7. The van der Waals surface area contributed by atoms with Gasteiger partial charge < -0.3 is 5.32 Å². The average molecular weight is 330 g/mol. The standard InChI is InChI=1S/C15H20ClNO3S/c1-9-7-13(8-14(10(9)2)21(16,19)20)15(18)17-11(3)12-5-4-6-12/h7-8,11-12H,4-6H2,1-3H3,(H,17,18). The summed E-state index contributed by atoms with van der Waals surface area (Å²) in [5.41, 5.74) is 1.65. The molecule has 1 aromatic carbocycles. The molecule has 0 saturated heterocycles. The fraction of sp³-hybridized carbons (Fsp3) is 0.533. The van der Waals surface area contributed by atoms with Crippen molar-refractivity contribution in [1.29, 1.82) is 0 Å². The van der Waals surface area contributed by atoms with Crippen LogP contribution in [-0.2, 0) is 9.05 Å². The van der Waals surface area contributed by atoms with E-state index in [4.69, 9.17) is 10.7 Å². The summed E-state index contributed by atoms with van der Waals surface area (Å²) in [6.07, 6.45) is 3.48. The van der Waals surface area contributed by atoms with Gasteiger partial charge in [-0.3, -0.25) is 4.79 Å². The molecule has 4 nitrogen and oxygen atoms in total. The predicted octanol–water partition coefficient (Wildman–Crippen LogP) is 3.15. The van der Waals surface area contributed by atoms with Gasteiger partial charge in [0.1, 0.15) is 0 Å². The molecular weight excluding hydrogens is 310 g/mol. The molecule has 0 spiro atoms. The summed E-state index contributed by atoms with van der Waals surface area (Å²) in [7, 11) is 1.58. The molecule has 1 fully saturated rings. The Morgan fingerprint density at radius 1 is 1.33 bits per heavy atom. The van der Waals surface area contributed by atoms with Crippen molar-refractivity contribution in [2.45, 2.75) is 51.0 Å². The Bertz CT molecular complexity index is 666. The molecule has 1 N–H and O–H groups in total. The summed E-state index contributed by atoms with van der Waals surface area (Å²) in [5.74, 6) is 0.274. The minimum absolute atomic E-state index is 0.00520. The van der Waals surface area contributed by atoms with Crippen molar-refractivity contribution in [3.63, 3.8) is 0 Å². The van der Waals surface area contributed by atoms with Gasteiger partial charge in [0.05, 0.1) is 4.90 Å². The van der Waals surface area contributed by atoms with E-state index in [1.807, 2.05) is 6.92 Å². The van der Waals surface area contributed by atoms with Crippen LogP contribution in [0.15, 0.2) is 17.0 Å². The second-order valence-electron chi connectivity index (χ2n) is 5.81. The third-order valence-corrected chi connectivity index (χ3v) is 5.81. The highest BCUT2D eigenvalue weighted by Gasteiger charge is 2.26. The van der Waals surface area contributed by atoms with Crippen LogP contribution in [0, 0.1) is 19.8 Å². The quantitative estimate of drug-likeness (QED) is 0.863. The van der Waals surface area contributed by atoms with E-state index in [0.29, 0.717) is 17.0 Å². The zero-order valence-electron chi connectivity index (χ0n) is 12.4. The van der Waals surface area contributed by atoms with Crippen molar-refractivity contribution in [2.75, 3.05) is 0 Å². The number of hydrogen-bond donors (Lipinski definition) is 1. The summed E-state index contributed by atoms with van der Waals surface area (Å²) in [5, 5.41) is 2.95. The molecule has 116 valence electrons. The van der Waals surface area contributed by atoms with Gasteiger partial charge in [-0.05, 0) is 62.8 Å². The lowest BCUT2D eigenvalue weighted by Crippen LogP contribution is -2.40. The first kappa shape index (κ1) is 16.3. The molecule has 1 aliphatic rings. The van der Waals surface area contributed by atoms with Crippen LogP contribution < -0.4 is 5.32 Å². The fourth-order valence-corrected chi connectivity index (χ4v) is 3.83. The summed E-state index contributed by atoms with van der Waals surface area (Å²) in [6, 6.07) is 3.15. The Hall–Kier alpha value is -1.07. The molecule has 0 aromatic heterocycles. The minimum Gasteiger partial charge on any atom is -0.349 e. The van der Waals surface area contributed by atoms with E-state index < -0.39 is 9.05 Å². The van der Waals surface area contributed by atoms with Gasteiger partial charge in [0.15, 0.2) is 0 Å². The van der Waals surface area contributed by atoms with E-state index in [2.05, 4.69) is 5.32 Å². The van der Waals surface area contributed by atoms with Gasteiger partial charge in [-0.2, -0.15) is 0 Å². The normalized spacial score (nSPS) is 17.1. The number of carbonyl (C=O) groups is 1. The molecule has 0 heterocycles. The van der Waals surface area contributed by atoms with Crippen molar-refractivity contribution < 1.29 is 13.2 Å². The third kappa shape index (κ3) is 3.58. The minimum atomic E-state index is -3.86. The van der Waals surface area contributed by atoms with Crippen LogP contribution in [0.4, 0.5) is 0 Å². The summed E-state index contributed by atoms with van der Waals surface area (Å²) in [6.45, 7) is 5.44. The zero-order valence-corrected chi connectivity index (χ0v) is 14.0. The third-order valence-electron chi connectivity index (χ3n) is 4.36. The van der Waals surface area contributed by atoms with Crippen molar-refractivity contribution in [1.82, 2.24) is 5.32 Å². The maximum Gasteiger partial charge on any atom is 0.261 e. The van der Waals surface area contributed by atoms with Crippen LogP contribution in [-0.4, -0.2) is 20.4 Å². The molecular formula is C15H20ClNO3S. The molecule has 1 amide bonds. The van der Waals surface area contributed by atoms with Crippen molar-refractivity contribution in [3.8, 4) is 0 Å². The van der Waals surface area contributed by atoms with Crippen LogP contribution in [0.25, 0.3) is 0 Å². The predicted molar refractivity (Wildman–Crippen MR) is 83.2 cm³/mol. The number of rotatable bonds is 4. The van der Waals surface area contributed by atoms with E-state index in [1.54, 1.807) is 19.9 Å². The number of halogens is 1. The number of nitrogens with one attached hydrogen (secondary N) is 1. The Kier molecular flexibility index (Phi) is 4.63. The lowest BCUT2D eigenvalue weighted by molar-refractivity contribution is 0.0909. The first-order valence-electron chi connectivity index (χ1n) is 7.07. The van der Waals surface area contributed by atoms with Crippen molar-refractivity contribution >= 4 is 25.6 Å². The molecule has 6 heteroatoms. The molecule has 1 aromatic rings. The van der Waals surface area contributed by atoms with E-state index >= 15 is 0 Å². The molecule has 1 atom stereocenters. The number of carbonyl (C=O) groups excluding carboxylic acids is 1. The lowest BCUT2D eigenvalue weighted by atomic mass is 9.80. The molecule has 0 bridgehead atoms. The molecule has 21 heavy (non-hydrogen) atoms. The van der Waals surface area contributed by atoms with Crippen LogP contribution in [0.3, 0.4) is 0 Å². The topological polar surface area (TPSA) is 63.2 Å². The molecule has 1 saturated carbocycles. The molecule has 0 radical (unpaired) electrons. The van der Waals surface area contributed by atoms with Gasteiger partial charge in [0, 0.05) is 22.3 Å². The fourth-order valence-electron chi connectivity index (χ4n) is 2.56. The molecule has 1 aliphatic carbocycles. The van der Waals surface area contributed by atoms with Crippen LogP contribution in [0.1, 0.15) is 47.7 Å². The van der Waals surface area contributed by atoms with Gasteiger partial charge in [-0.1, -0.05) is 6.42 Å². The second-order valence-corrected chi connectivity index (χ2v) is 8.34. The lowest BCUT2D eigenvalue weighted by Gasteiger charge is -2.31. The Morgan fingerprint density at radius 2 is 1.95 bits per heavy atom. The van der Waals surface area contributed by atoms with Gasteiger partial charge in [-0.25, -0.2) is 8.42 Å². The Balaban J connectivity index is 2.27. The first-order chi connectivity index (χ1) is 9.70. The zero-order chi connectivity index (χ0) is 15.8. The molecule has 2 rings (SSSR count). The van der Waals surface area contributed by atoms with Crippen molar-refractivity contribution in [2.24, 2.45) is 5.92 Å². The van der Waals surface area contributed by atoms with Crippen LogP contribution >= 0.6 is 10.7 Å². The SMILES string of the molecule is Cc1cc(C(=O)NC(C)C2CCC2)cc(S(=O)(=O)Cl)c1C. The number of amides is 1. The molecule has 1 unspecified atom stereocenters. The maximum absolute atomic E-state index is 12.3. The van der Waals surface area contributed by atoms with E-state index in [9.17, 15) is 13.2 Å². The average Bonchev–Trinajstić information content (AvgIpc) is 2.28. The number of benzene rings is 1. The smallest absolute Gasteiger partial charge is 0.261 e. The summed E-state index contributed by atoms with van der Waals surface area (Å²) in [4.78, 5) is 12.3. The first-order valence-corrected chi connectivity index (χ1v) is 9.38. The Labute approximate surface area is 130 Å². The number of hydrogen-bond acceptors (Lipinski definition) is 3. The van der Waals surface area contributed by atoms with Gasteiger partial charge in [-0.15, -0.1) is 0 Å². The van der Waals surface area contributed by atoms with Gasteiger partial charge >= 0.3 is 0 Å². The monoisotopic (exact) mass is 329 g/mol. The van der Waals surface area contributed by atoms with E-state index in [-0.39, 0.29) is 16.8 Å². The largest absolute Gasteiger partial charge is 0.349 e. The highest BCUT2D eigenvalue weighted by molar-refractivity contribution is 8.13. The van der Waals surface area contributed by atoms with E-state index in [1.165, 1.54) is 12.5 Å². The van der Waals surface area contributed by atoms with Gasteiger partial charge in [0.2, 0.25) is 0 Å². The maximum atomic E-state index is 12.3. The Morgan fingerprint density at radius 3 is 2.43 bits per heavy atom. The summed E-state index contributed by atoms with van der Waals surface area (Å²) < 4.78 is 23.2. The second kappa shape index (κ2) is 5.97. The van der Waals surface area contributed by atoms with Crippen LogP contribution in [0.2, 0.25) is 0 Å². The van der Waals surface area contributed by atoms with Crippen LogP contribution in [0.5, 0.6) is 0 Å².